The molecule has 4 nitrogen and oxygen atoms in total. The summed E-state index contributed by atoms with van der Waals surface area (Å²) in [5, 5.41) is 11.0. The SMILES string of the molecule is O=[N+]([O-])N1CC=CC=C1S. The number of allylic oxidation sites excluding steroid dienone is 2. The summed E-state index contributed by atoms with van der Waals surface area (Å²) in [6.45, 7) is 0.294. The third-order valence-electron chi connectivity index (χ3n) is 1.12. The summed E-state index contributed by atoms with van der Waals surface area (Å²) in [5.74, 6) is 0. The van der Waals surface area contributed by atoms with E-state index in [0.29, 0.717) is 11.6 Å². The number of thiol groups is 1. The standard InChI is InChI=1S/C5H6N2O2S/c8-7(9)6-4-2-1-3-5(6)10/h1-3,10H,4H2. The molecule has 1 rings (SSSR count). The zero-order chi connectivity index (χ0) is 7.56. The van der Waals surface area contributed by atoms with Crippen LogP contribution in [0, 0.1) is 10.1 Å². The molecule has 0 saturated carbocycles. The number of hydrazine groups is 1. The molecular weight excluding hydrogens is 152 g/mol. The molecule has 0 aromatic heterocycles. The van der Waals surface area contributed by atoms with Gasteiger partial charge in [-0.1, -0.05) is 17.2 Å². The summed E-state index contributed by atoms with van der Waals surface area (Å²) in [6, 6.07) is 0. The molecule has 54 valence electrons. The van der Waals surface area contributed by atoms with Crippen LogP contribution in [0.5, 0.6) is 0 Å². The molecule has 0 atom stereocenters. The first-order valence-electron chi connectivity index (χ1n) is 2.69. The van der Waals surface area contributed by atoms with Crippen LogP contribution in [0.3, 0.4) is 0 Å². The summed E-state index contributed by atoms with van der Waals surface area (Å²) in [6.07, 6.45) is 5.01. The highest BCUT2D eigenvalue weighted by molar-refractivity contribution is 7.84. The monoisotopic (exact) mass is 158 g/mol. The van der Waals surface area contributed by atoms with Crippen molar-refractivity contribution in [3.8, 4) is 0 Å². The first kappa shape index (κ1) is 7.14. The lowest BCUT2D eigenvalue weighted by Gasteiger charge is -2.12. The van der Waals surface area contributed by atoms with Crippen molar-refractivity contribution in [2.45, 2.75) is 0 Å². The zero-order valence-corrected chi connectivity index (χ0v) is 5.99. The first-order valence-corrected chi connectivity index (χ1v) is 3.14. The number of nitrogens with zero attached hydrogens (tertiary/aromatic N) is 2. The van der Waals surface area contributed by atoms with Crippen LogP contribution < -0.4 is 0 Å². The molecular formula is C5H6N2O2S. The van der Waals surface area contributed by atoms with Crippen molar-refractivity contribution in [3.05, 3.63) is 33.4 Å². The van der Waals surface area contributed by atoms with Crippen molar-refractivity contribution < 1.29 is 5.03 Å². The highest BCUT2D eigenvalue weighted by Gasteiger charge is 2.16. The normalized spacial score (nSPS) is 16.9. The first-order chi connectivity index (χ1) is 4.72. The summed E-state index contributed by atoms with van der Waals surface area (Å²) in [7, 11) is 0. The lowest BCUT2D eigenvalue weighted by atomic mass is 10.4. The highest BCUT2D eigenvalue weighted by Crippen LogP contribution is 2.12. The number of hydrogen-bond acceptors (Lipinski definition) is 3. The van der Waals surface area contributed by atoms with E-state index in [1.54, 1.807) is 18.2 Å². The molecule has 1 aliphatic heterocycles. The Balaban J connectivity index is 2.73. The van der Waals surface area contributed by atoms with Gasteiger partial charge in [0.1, 0.15) is 11.6 Å². The Bertz CT molecular complexity index is 212. The van der Waals surface area contributed by atoms with Crippen molar-refractivity contribution in [3.63, 3.8) is 0 Å². The van der Waals surface area contributed by atoms with E-state index in [1.807, 2.05) is 0 Å². The minimum Gasteiger partial charge on any atom is -0.234 e. The average molecular weight is 158 g/mol. The fourth-order valence-corrected chi connectivity index (χ4v) is 0.885. The Kier molecular flexibility index (Phi) is 1.96. The van der Waals surface area contributed by atoms with Crippen LogP contribution in [-0.4, -0.2) is 16.6 Å². The van der Waals surface area contributed by atoms with Gasteiger partial charge in [0.25, 0.3) is 0 Å². The Morgan fingerprint density at radius 3 is 2.90 bits per heavy atom. The maximum Gasteiger partial charge on any atom is 0.165 e. The van der Waals surface area contributed by atoms with Crippen molar-refractivity contribution in [1.29, 1.82) is 0 Å². The molecule has 0 aliphatic carbocycles. The van der Waals surface area contributed by atoms with E-state index >= 15 is 0 Å². The number of rotatable bonds is 1. The highest BCUT2D eigenvalue weighted by atomic mass is 32.1. The smallest absolute Gasteiger partial charge is 0.165 e. The van der Waals surface area contributed by atoms with Crippen molar-refractivity contribution in [1.82, 2.24) is 5.01 Å². The van der Waals surface area contributed by atoms with Gasteiger partial charge in [0.15, 0.2) is 5.03 Å². The van der Waals surface area contributed by atoms with Crippen molar-refractivity contribution in [2.75, 3.05) is 6.54 Å². The zero-order valence-electron chi connectivity index (χ0n) is 5.10. The fraction of sp³-hybridized carbons (Fsp3) is 0.200. The van der Waals surface area contributed by atoms with Gasteiger partial charge in [-0.05, 0) is 6.08 Å². The Morgan fingerprint density at radius 2 is 2.50 bits per heavy atom. The van der Waals surface area contributed by atoms with Crippen LogP contribution in [0.4, 0.5) is 0 Å². The van der Waals surface area contributed by atoms with Crippen molar-refractivity contribution in [2.24, 2.45) is 0 Å². The van der Waals surface area contributed by atoms with Gasteiger partial charge < -0.3 is 0 Å². The summed E-state index contributed by atoms with van der Waals surface area (Å²) in [5.41, 5.74) is 0. The summed E-state index contributed by atoms with van der Waals surface area (Å²) < 4.78 is 0. The molecule has 0 spiro atoms. The Hall–Kier alpha value is -0.970. The second-order valence-corrected chi connectivity index (χ2v) is 2.23. The molecule has 0 saturated heterocycles. The molecule has 0 radical (unpaired) electrons. The van der Waals surface area contributed by atoms with Gasteiger partial charge in [-0.15, -0.1) is 12.6 Å². The molecule has 0 aromatic carbocycles. The molecule has 0 unspecified atom stereocenters. The molecule has 0 fully saturated rings. The Morgan fingerprint density at radius 1 is 1.80 bits per heavy atom. The quantitative estimate of drug-likeness (QED) is 0.349. The van der Waals surface area contributed by atoms with E-state index in [0.717, 1.165) is 5.01 Å². The molecule has 0 bridgehead atoms. The van der Waals surface area contributed by atoms with E-state index in [-0.39, 0.29) is 0 Å². The van der Waals surface area contributed by atoms with Gasteiger partial charge in [-0.3, -0.25) is 0 Å². The van der Waals surface area contributed by atoms with Gasteiger partial charge in [-0.25, -0.2) is 10.1 Å². The second kappa shape index (κ2) is 2.74. The molecule has 0 aromatic rings. The van der Waals surface area contributed by atoms with Crippen LogP contribution in [0.2, 0.25) is 0 Å². The summed E-state index contributed by atoms with van der Waals surface area (Å²) in [4.78, 5) is 10.2. The number of hydrogen-bond donors (Lipinski definition) is 1. The maximum atomic E-state index is 10.2. The molecule has 0 amide bonds. The third kappa shape index (κ3) is 1.30. The van der Waals surface area contributed by atoms with E-state index < -0.39 is 5.03 Å². The van der Waals surface area contributed by atoms with Crippen molar-refractivity contribution >= 4 is 12.6 Å². The Labute approximate surface area is 63.4 Å². The predicted octanol–water partition coefficient (Wildman–Crippen LogP) is 0.821. The molecule has 1 aliphatic rings. The van der Waals surface area contributed by atoms with Crippen LogP contribution in [0.15, 0.2) is 23.3 Å². The van der Waals surface area contributed by atoms with Gasteiger partial charge in [0.2, 0.25) is 0 Å². The maximum absolute atomic E-state index is 10.2. The third-order valence-corrected chi connectivity index (χ3v) is 1.50. The topological polar surface area (TPSA) is 46.4 Å². The average Bonchev–Trinajstić information content (AvgIpc) is 1.88. The lowest BCUT2D eigenvalue weighted by molar-refractivity contribution is -0.639. The van der Waals surface area contributed by atoms with E-state index in [4.69, 9.17) is 0 Å². The number of nitro groups is 1. The lowest BCUT2D eigenvalue weighted by Crippen LogP contribution is -2.28. The van der Waals surface area contributed by atoms with E-state index in [1.165, 1.54) is 0 Å². The van der Waals surface area contributed by atoms with E-state index in [2.05, 4.69) is 12.6 Å². The van der Waals surface area contributed by atoms with Gasteiger partial charge in [0.05, 0.1) is 0 Å². The van der Waals surface area contributed by atoms with Crippen LogP contribution in [0.1, 0.15) is 0 Å². The summed E-state index contributed by atoms with van der Waals surface area (Å²) >= 11 is 3.89. The molecule has 1 heterocycles. The fourth-order valence-electron chi connectivity index (χ4n) is 0.645. The van der Waals surface area contributed by atoms with Gasteiger partial charge in [-0.2, -0.15) is 0 Å². The predicted molar refractivity (Wildman–Crippen MR) is 39.9 cm³/mol. The van der Waals surface area contributed by atoms with Gasteiger partial charge >= 0.3 is 0 Å². The minimum absolute atomic E-state index is 0.294. The molecule has 10 heavy (non-hydrogen) atoms. The van der Waals surface area contributed by atoms with Crippen LogP contribution >= 0.6 is 12.6 Å². The largest absolute Gasteiger partial charge is 0.234 e. The minimum atomic E-state index is -0.484. The van der Waals surface area contributed by atoms with E-state index in [9.17, 15) is 10.1 Å². The van der Waals surface area contributed by atoms with Crippen LogP contribution in [0.25, 0.3) is 0 Å². The van der Waals surface area contributed by atoms with Gasteiger partial charge in [0, 0.05) is 0 Å². The molecule has 5 heteroatoms. The van der Waals surface area contributed by atoms with Crippen LogP contribution in [-0.2, 0) is 0 Å². The second-order valence-electron chi connectivity index (χ2n) is 1.77. The molecule has 0 N–H and O–H groups in total.